The van der Waals surface area contributed by atoms with Gasteiger partial charge in [-0.1, -0.05) is 0 Å². The van der Waals surface area contributed by atoms with Gasteiger partial charge < -0.3 is 15.7 Å². The molecule has 0 radical (unpaired) electrons. The predicted octanol–water partition coefficient (Wildman–Crippen LogP) is -0.247. The normalized spacial score (nSPS) is 30.4. The number of aliphatic hydroxyl groups is 1. The van der Waals surface area contributed by atoms with Crippen LogP contribution in [0.1, 0.15) is 13.3 Å². The Bertz CT molecular complexity index is 386. The van der Waals surface area contributed by atoms with Crippen molar-refractivity contribution in [2.45, 2.75) is 25.1 Å². The first-order valence-electron chi connectivity index (χ1n) is 5.05. The molecule has 2 atom stereocenters. The molecule has 2 heterocycles. The summed E-state index contributed by atoms with van der Waals surface area (Å²) >= 11 is 0. The number of alkyl halides is 1. The minimum absolute atomic E-state index is 0.0532. The van der Waals surface area contributed by atoms with Gasteiger partial charge in [-0.3, -0.25) is 0 Å². The monoisotopic (exact) mass is 227 g/mol. The number of halogens is 1. The van der Waals surface area contributed by atoms with Crippen molar-refractivity contribution in [1.82, 2.24) is 15.0 Å². The van der Waals surface area contributed by atoms with Crippen molar-refractivity contribution in [3.8, 4) is 0 Å². The van der Waals surface area contributed by atoms with Gasteiger partial charge in [0.25, 0.3) is 0 Å². The van der Waals surface area contributed by atoms with Gasteiger partial charge in [0.05, 0.1) is 12.6 Å². The van der Waals surface area contributed by atoms with Crippen molar-refractivity contribution >= 4 is 11.9 Å². The third kappa shape index (κ3) is 2.04. The molecule has 0 unspecified atom stereocenters. The zero-order valence-electron chi connectivity index (χ0n) is 8.97. The number of hydrogen-bond acceptors (Lipinski definition) is 6. The fraction of sp³-hybridized carbons (Fsp3) is 0.667. The van der Waals surface area contributed by atoms with Crippen LogP contribution >= 0.6 is 0 Å². The lowest BCUT2D eigenvalue weighted by atomic mass is 9.94. The van der Waals surface area contributed by atoms with E-state index in [9.17, 15) is 9.50 Å². The van der Waals surface area contributed by atoms with E-state index < -0.39 is 11.8 Å². The first-order chi connectivity index (χ1) is 7.49. The number of anilines is 2. The Morgan fingerprint density at radius 2 is 2.38 bits per heavy atom. The van der Waals surface area contributed by atoms with Gasteiger partial charge in [-0.05, 0) is 13.3 Å². The molecule has 0 amide bonds. The fourth-order valence-corrected chi connectivity index (χ4v) is 1.76. The number of nitrogens with two attached hydrogens (primary N) is 1. The number of aliphatic hydroxyl groups excluding tert-OH is 1. The highest BCUT2D eigenvalue weighted by Gasteiger charge is 2.39. The number of rotatable bonds is 1. The van der Waals surface area contributed by atoms with E-state index in [1.165, 1.54) is 13.3 Å². The Morgan fingerprint density at radius 1 is 1.62 bits per heavy atom. The summed E-state index contributed by atoms with van der Waals surface area (Å²) in [6.07, 6.45) is 0.694. The molecule has 0 spiro atoms. The minimum atomic E-state index is -1.65. The first-order valence-corrected chi connectivity index (χ1v) is 5.05. The van der Waals surface area contributed by atoms with Gasteiger partial charge in [0.15, 0.2) is 5.67 Å². The molecule has 0 saturated carbocycles. The van der Waals surface area contributed by atoms with Crippen molar-refractivity contribution in [1.29, 1.82) is 0 Å². The van der Waals surface area contributed by atoms with Crippen LogP contribution < -0.4 is 10.6 Å². The molecule has 1 saturated heterocycles. The molecule has 2 rings (SSSR count). The second-order valence-corrected chi connectivity index (χ2v) is 4.15. The third-order valence-corrected chi connectivity index (χ3v) is 2.73. The fourth-order valence-electron chi connectivity index (χ4n) is 1.76. The van der Waals surface area contributed by atoms with E-state index in [-0.39, 0.29) is 12.5 Å². The molecule has 1 aromatic rings. The molecule has 88 valence electrons. The number of nitrogens with zero attached hydrogens (tertiary/aromatic N) is 4. The summed E-state index contributed by atoms with van der Waals surface area (Å²) in [6, 6.07) is 0. The second-order valence-electron chi connectivity index (χ2n) is 4.15. The van der Waals surface area contributed by atoms with Crippen LogP contribution in [0.5, 0.6) is 0 Å². The van der Waals surface area contributed by atoms with E-state index >= 15 is 0 Å². The Hall–Kier alpha value is -1.50. The smallest absolute Gasteiger partial charge is 0.230 e. The highest BCUT2D eigenvalue weighted by Crippen LogP contribution is 2.27. The van der Waals surface area contributed by atoms with E-state index in [0.29, 0.717) is 18.9 Å². The summed E-state index contributed by atoms with van der Waals surface area (Å²) in [6.45, 7) is 1.93. The number of piperidine rings is 1. The largest absolute Gasteiger partial charge is 0.390 e. The summed E-state index contributed by atoms with van der Waals surface area (Å²) in [5.41, 5.74) is 3.78. The van der Waals surface area contributed by atoms with Crippen LogP contribution in [0.2, 0.25) is 0 Å². The van der Waals surface area contributed by atoms with Crippen molar-refractivity contribution in [3.63, 3.8) is 0 Å². The Morgan fingerprint density at radius 3 is 3.00 bits per heavy atom. The highest BCUT2D eigenvalue weighted by atomic mass is 19.1. The summed E-state index contributed by atoms with van der Waals surface area (Å²) in [7, 11) is 0. The average Bonchev–Trinajstić information content (AvgIpc) is 2.22. The standard InChI is InChI=1S/C9H14FN5O/c1-9(10)4-15(3-2-6(9)16)8-13-5-12-7(11)14-8/h5-6,16H,2-4H2,1H3,(H2,11,12,13,14)/t6-,9-/m0/s1. The minimum Gasteiger partial charge on any atom is -0.390 e. The van der Waals surface area contributed by atoms with Gasteiger partial charge in [-0.2, -0.15) is 4.98 Å². The lowest BCUT2D eigenvalue weighted by Gasteiger charge is -2.38. The Kier molecular flexibility index (Phi) is 2.63. The van der Waals surface area contributed by atoms with Crippen LogP contribution in [0.3, 0.4) is 0 Å². The third-order valence-electron chi connectivity index (χ3n) is 2.73. The van der Waals surface area contributed by atoms with Crippen LogP contribution in [0, 0.1) is 0 Å². The average molecular weight is 227 g/mol. The summed E-state index contributed by atoms with van der Waals surface area (Å²) < 4.78 is 13.9. The molecule has 16 heavy (non-hydrogen) atoms. The molecule has 7 heteroatoms. The number of nitrogen functional groups attached to an aromatic ring is 1. The van der Waals surface area contributed by atoms with Gasteiger partial charge >= 0.3 is 0 Å². The maximum atomic E-state index is 13.9. The van der Waals surface area contributed by atoms with Crippen LogP contribution in [0.4, 0.5) is 16.3 Å². The molecular formula is C9H14FN5O. The SMILES string of the molecule is C[C@]1(F)CN(c2ncnc(N)n2)CC[C@@H]1O. The van der Waals surface area contributed by atoms with Crippen LogP contribution in [0.25, 0.3) is 0 Å². The van der Waals surface area contributed by atoms with E-state index in [4.69, 9.17) is 5.73 Å². The zero-order chi connectivity index (χ0) is 11.8. The maximum absolute atomic E-state index is 13.9. The quantitative estimate of drug-likeness (QED) is 0.688. The first kappa shape index (κ1) is 11.0. The van der Waals surface area contributed by atoms with Gasteiger partial charge in [-0.15, -0.1) is 0 Å². The van der Waals surface area contributed by atoms with Crippen molar-refractivity contribution in [2.24, 2.45) is 0 Å². The molecule has 0 bridgehead atoms. The Labute approximate surface area is 92.3 Å². The van der Waals surface area contributed by atoms with Crippen molar-refractivity contribution < 1.29 is 9.50 Å². The topological polar surface area (TPSA) is 88.2 Å². The predicted molar refractivity (Wildman–Crippen MR) is 56.6 cm³/mol. The zero-order valence-corrected chi connectivity index (χ0v) is 8.97. The Balaban J connectivity index is 2.18. The van der Waals surface area contributed by atoms with E-state index in [2.05, 4.69) is 15.0 Å². The van der Waals surface area contributed by atoms with Gasteiger partial charge in [0.2, 0.25) is 11.9 Å². The molecule has 1 aliphatic rings. The van der Waals surface area contributed by atoms with Crippen molar-refractivity contribution in [2.75, 3.05) is 23.7 Å². The van der Waals surface area contributed by atoms with Gasteiger partial charge in [0.1, 0.15) is 6.33 Å². The maximum Gasteiger partial charge on any atom is 0.230 e. The van der Waals surface area contributed by atoms with E-state index in [1.54, 1.807) is 4.90 Å². The highest BCUT2D eigenvalue weighted by molar-refractivity contribution is 5.34. The van der Waals surface area contributed by atoms with Crippen LogP contribution in [-0.4, -0.2) is 44.9 Å². The molecule has 3 N–H and O–H groups in total. The van der Waals surface area contributed by atoms with Crippen LogP contribution in [0.15, 0.2) is 6.33 Å². The summed E-state index contributed by atoms with van der Waals surface area (Å²) in [5, 5.41) is 9.48. The number of aromatic nitrogens is 3. The van der Waals surface area contributed by atoms with E-state index in [0.717, 1.165) is 0 Å². The molecule has 1 aromatic heterocycles. The second kappa shape index (κ2) is 3.82. The van der Waals surface area contributed by atoms with E-state index in [1.807, 2.05) is 0 Å². The lowest BCUT2D eigenvalue weighted by Crippen LogP contribution is -2.53. The molecule has 1 fully saturated rings. The lowest BCUT2D eigenvalue weighted by molar-refractivity contribution is -0.00860. The molecule has 0 aliphatic carbocycles. The molecular weight excluding hydrogens is 213 g/mol. The molecule has 0 aromatic carbocycles. The summed E-state index contributed by atoms with van der Waals surface area (Å²) in [4.78, 5) is 13.2. The number of hydrogen-bond donors (Lipinski definition) is 2. The van der Waals surface area contributed by atoms with Crippen LogP contribution in [-0.2, 0) is 0 Å². The van der Waals surface area contributed by atoms with Gasteiger partial charge in [-0.25, -0.2) is 14.4 Å². The molecule has 6 nitrogen and oxygen atoms in total. The van der Waals surface area contributed by atoms with Gasteiger partial charge in [0, 0.05) is 6.54 Å². The van der Waals surface area contributed by atoms with Crippen molar-refractivity contribution in [3.05, 3.63) is 6.33 Å². The summed E-state index contributed by atoms with van der Waals surface area (Å²) in [5.74, 6) is 0.458. The molecule has 1 aliphatic heterocycles.